The number of amides is 1. The molecule has 0 radical (unpaired) electrons. The minimum absolute atomic E-state index is 0.0348. The molecule has 1 atom stereocenters. The average Bonchev–Trinajstić information content (AvgIpc) is 3.39. The summed E-state index contributed by atoms with van der Waals surface area (Å²) in [5.41, 5.74) is 2.03. The number of fused-ring (bicyclic) bond motifs is 1. The summed E-state index contributed by atoms with van der Waals surface area (Å²) in [5.74, 6) is 1.20. The summed E-state index contributed by atoms with van der Waals surface area (Å²) in [5, 5.41) is 7.24. The Morgan fingerprint density at radius 1 is 1.14 bits per heavy atom. The van der Waals surface area contributed by atoms with Gasteiger partial charge in [0.15, 0.2) is 11.5 Å². The van der Waals surface area contributed by atoms with Gasteiger partial charge in [-0.25, -0.2) is 0 Å². The van der Waals surface area contributed by atoms with Crippen LogP contribution in [0.3, 0.4) is 0 Å². The van der Waals surface area contributed by atoms with Crippen LogP contribution < -0.4 is 14.8 Å². The Morgan fingerprint density at radius 3 is 2.75 bits per heavy atom. The third-order valence-corrected chi connectivity index (χ3v) is 6.81. The van der Waals surface area contributed by atoms with Gasteiger partial charge < -0.3 is 14.8 Å². The first-order valence-electron chi connectivity index (χ1n) is 9.05. The fourth-order valence-electron chi connectivity index (χ4n) is 3.62. The van der Waals surface area contributed by atoms with Crippen LogP contribution in [-0.2, 0) is 11.2 Å². The lowest BCUT2D eigenvalue weighted by Gasteiger charge is -2.34. The standard InChI is InChI=1S/C21H22N2O3S2/c1-25-16-6-5-14(12-17(16)26-2)22-20(24)13-23-9-7-18-15(8-11-28-18)21(23)19-4-3-10-27-19/h3-6,8,10-12,21H,7,9,13H2,1-2H3,(H,22,24)/t21-/m0/s1. The van der Waals surface area contributed by atoms with Gasteiger partial charge in [-0.2, -0.15) is 0 Å². The van der Waals surface area contributed by atoms with E-state index in [1.807, 2.05) is 17.4 Å². The molecule has 1 N–H and O–H groups in total. The van der Waals surface area contributed by atoms with Crippen molar-refractivity contribution in [1.82, 2.24) is 4.90 Å². The van der Waals surface area contributed by atoms with Gasteiger partial charge in [-0.3, -0.25) is 9.69 Å². The Labute approximate surface area is 172 Å². The molecule has 0 unspecified atom stereocenters. The highest BCUT2D eigenvalue weighted by molar-refractivity contribution is 7.10. The quantitative estimate of drug-likeness (QED) is 0.649. The maximum Gasteiger partial charge on any atom is 0.238 e. The van der Waals surface area contributed by atoms with Crippen molar-refractivity contribution in [1.29, 1.82) is 0 Å². The number of methoxy groups -OCH3 is 2. The zero-order chi connectivity index (χ0) is 19.5. The SMILES string of the molecule is COc1ccc(NC(=O)CN2CCc3sccc3[C@H]2c2cccs2)cc1OC. The molecule has 0 bridgehead atoms. The van der Waals surface area contributed by atoms with E-state index in [1.165, 1.54) is 15.3 Å². The molecule has 0 spiro atoms. The van der Waals surface area contributed by atoms with Crippen molar-refractivity contribution in [2.45, 2.75) is 12.5 Å². The number of nitrogens with one attached hydrogen (secondary N) is 1. The van der Waals surface area contributed by atoms with Gasteiger partial charge in [0.2, 0.25) is 5.91 Å². The van der Waals surface area contributed by atoms with Crippen molar-refractivity contribution in [3.8, 4) is 11.5 Å². The summed E-state index contributed by atoms with van der Waals surface area (Å²) in [4.78, 5) is 17.7. The maximum absolute atomic E-state index is 12.8. The molecule has 7 heteroatoms. The molecule has 0 saturated heterocycles. The normalized spacial score (nSPS) is 16.4. The number of nitrogens with zero attached hydrogens (tertiary/aromatic N) is 1. The van der Waals surface area contributed by atoms with Crippen LogP contribution in [-0.4, -0.2) is 38.1 Å². The molecule has 3 heterocycles. The molecule has 2 aromatic heterocycles. The zero-order valence-corrected chi connectivity index (χ0v) is 17.4. The van der Waals surface area contributed by atoms with Crippen molar-refractivity contribution in [2.75, 3.05) is 32.6 Å². The van der Waals surface area contributed by atoms with Crippen LogP contribution in [0.15, 0.2) is 47.2 Å². The van der Waals surface area contributed by atoms with Crippen molar-refractivity contribution >= 4 is 34.3 Å². The van der Waals surface area contributed by atoms with Gasteiger partial charge in [0, 0.05) is 28.1 Å². The molecule has 28 heavy (non-hydrogen) atoms. The Morgan fingerprint density at radius 2 is 2.00 bits per heavy atom. The van der Waals surface area contributed by atoms with E-state index in [1.54, 1.807) is 37.7 Å². The fraction of sp³-hybridized carbons (Fsp3) is 0.286. The highest BCUT2D eigenvalue weighted by Crippen LogP contribution is 2.39. The van der Waals surface area contributed by atoms with Crippen molar-refractivity contribution in [2.24, 2.45) is 0 Å². The monoisotopic (exact) mass is 414 g/mol. The summed E-state index contributed by atoms with van der Waals surface area (Å²) in [6, 6.07) is 12.0. The van der Waals surface area contributed by atoms with Crippen LogP contribution in [0.5, 0.6) is 11.5 Å². The molecular weight excluding hydrogens is 392 g/mol. The van der Waals surface area contributed by atoms with Gasteiger partial charge >= 0.3 is 0 Å². The summed E-state index contributed by atoms with van der Waals surface area (Å²) in [7, 11) is 3.18. The molecule has 0 fully saturated rings. The van der Waals surface area contributed by atoms with Gasteiger partial charge in [-0.15, -0.1) is 22.7 Å². The number of carbonyl (C=O) groups excluding carboxylic acids is 1. The molecule has 4 rings (SSSR count). The van der Waals surface area contributed by atoms with E-state index in [-0.39, 0.29) is 11.9 Å². The van der Waals surface area contributed by atoms with Crippen LogP contribution in [0.2, 0.25) is 0 Å². The molecule has 5 nitrogen and oxygen atoms in total. The van der Waals surface area contributed by atoms with E-state index >= 15 is 0 Å². The van der Waals surface area contributed by atoms with Crippen molar-refractivity contribution in [3.05, 3.63) is 62.5 Å². The first-order valence-corrected chi connectivity index (χ1v) is 10.8. The second kappa shape index (κ2) is 8.34. The second-order valence-corrected chi connectivity index (χ2v) is 8.54. The molecular formula is C21H22N2O3S2. The number of hydrogen-bond acceptors (Lipinski definition) is 6. The van der Waals surface area contributed by atoms with Crippen LogP contribution >= 0.6 is 22.7 Å². The van der Waals surface area contributed by atoms with Gasteiger partial charge in [-0.05, 0) is 47.0 Å². The van der Waals surface area contributed by atoms with Gasteiger partial charge in [-0.1, -0.05) is 6.07 Å². The number of rotatable bonds is 6. The maximum atomic E-state index is 12.8. The summed E-state index contributed by atoms with van der Waals surface area (Å²) < 4.78 is 10.6. The number of carbonyl (C=O) groups is 1. The number of hydrogen-bond donors (Lipinski definition) is 1. The first kappa shape index (κ1) is 19.0. The van der Waals surface area contributed by atoms with E-state index in [0.29, 0.717) is 23.7 Å². The van der Waals surface area contributed by atoms with Crippen LogP contribution in [0, 0.1) is 0 Å². The van der Waals surface area contributed by atoms with E-state index in [2.05, 4.69) is 39.2 Å². The van der Waals surface area contributed by atoms with Crippen molar-refractivity contribution < 1.29 is 14.3 Å². The van der Waals surface area contributed by atoms with Crippen LogP contribution in [0.1, 0.15) is 21.4 Å². The van der Waals surface area contributed by atoms with Crippen LogP contribution in [0.25, 0.3) is 0 Å². The smallest absolute Gasteiger partial charge is 0.238 e. The molecule has 1 aliphatic rings. The zero-order valence-electron chi connectivity index (χ0n) is 15.8. The Kier molecular flexibility index (Phi) is 5.66. The van der Waals surface area contributed by atoms with Gasteiger partial charge in [0.05, 0.1) is 26.8 Å². The minimum atomic E-state index is -0.0348. The largest absolute Gasteiger partial charge is 0.493 e. The predicted octanol–water partition coefficient (Wildman–Crippen LogP) is 4.41. The Balaban J connectivity index is 1.51. The van der Waals surface area contributed by atoms with E-state index in [4.69, 9.17) is 9.47 Å². The summed E-state index contributed by atoms with van der Waals surface area (Å²) in [6.07, 6.45) is 0.985. The molecule has 3 aromatic rings. The third-order valence-electron chi connectivity index (χ3n) is 4.89. The molecule has 1 amide bonds. The van der Waals surface area contributed by atoms with E-state index < -0.39 is 0 Å². The van der Waals surface area contributed by atoms with Crippen LogP contribution in [0.4, 0.5) is 5.69 Å². The molecule has 0 saturated carbocycles. The average molecular weight is 415 g/mol. The van der Waals surface area contributed by atoms with E-state index in [9.17, 15) is 4.79 Å². The first-order chi connectivity index (χ1) is 13.7. The fourth-order valence-corrected chi connectivity index (χ4v) is 5.40. The predicted molar refractivity (Wildman–Crippen MR) is 114 cm³/mol. The molecule has 0 aliphatic carbocycles. The highest BCUT2D eigenvalue weighted by atomic mass is 32.1. The summed E-state index contributed by atoms with van der Waals surface area (Å²) in [6.45, 7) is 1.21. The van der Waals surface area contributed by atoms with E-state index in [0.717, 1.165) is 13.0 Å². The lowest BCUT2D eigenvalue weighted by atomic mass is 9.98. The molecule has 146 valence electrons. The van der Waals surface area contributed by atoms with Crippen molar-refractivity contribution in [3.63, 3.8) is 0 Å². The lowest BCUT2D eigenvalue weighted by Crippen LogP contribution is -2.40. The lowest BCUT2D eigenvalue weighted by molar-refractivity contribution is -0.117. The Hall–Kier alpha value is -2.35. The second-order valence-electron chi connectivity index (χ2n) is 6.56. The number of anilines is 1. The molecule has 1 aliphatic heterocycles. The minimum Gasteiger partial charge on any atom is -0.493 e. The number of benzene rings is 1. The van der Waals surface area contributed by atoms with Gasteiger partial charge in [0.25, 0.3) is 0 Å². The third kappa shape index (κ3) is 3.78. The highest BCUT2D eigenvalue weighted by Gasteiger charge is 2.31. The topological polar surface area (TPSA) is 50.8 Å². The summed E-state index contributed by atoms with van der Waals surface area (Å²) >= 11 is 3.55. The number of thiophene rings is 2. The molecule has 1 aromatic carbocycles. The van der Waals surface area contributed by atoms with Gasteiger partial charge in [0.1, 0.15) is 0 Å². The number of ether oxygens (including phenoxy) is 2. The Bertz CT molecular complexity index is 952.